The minimum Gasteiger partial charge on any atom is -0.456 e. The molecule has 0 radical (unpaired) electrons. The zero-order valence-corrected chi connectivity index (χ0v) is 31.7. The van der Waals surface area contributed by atoms with E-state index >= 15 is 0 Å². The molecule has 12 rings (SSSR count). The highest BCUT2D eigenvalue weighted by atomic mass is 32.1. The van der Waals surface area contributed by atoms with E-state index in [1.54, 1.807) is 22.7 Å². The van der Waals surface area contributed by atoms with Gasteiger partial charge in [0.15, 0.2) is 23.3 Å². The molecule has 57 heavy (non-hydrogen) atoms. The third-order valence-corrected chi connectivity index (χ3v) is 12.9. The van der Waals surface area contributed by atoms with Gasteiger partial charge in [-0.05, 0) is 42.5 Å². The molecule has 266 valence electrons. The number of benzene rings is 7. The van der Waals surface area contributed by atoms with E-state index in [0.717, 1.165) is 92.3 Å². The number of para-hydroxylation sites is 1. The predicted octanol–water partition coefficient (Wildman–Crippen LogP) is 13.6. The molecule has 0 unspecified atom stereocenters. The van der Waals surface area contributed by atoms with Crippen LogP contribution < -0.4 is 0 Å². The van der Waals surface area contributed by atoms with E-state index in [1.165, 1.54) is 9.40 Å². The van der Waals surface area contributed by atoms with Gasteiger partial charge in [-0.15, -0.1) is 22.7 Å². The lowest BCUT2D eigenvalue weighted by Gasteiger charge is -2.09. The van der Waals surface area contributed by atoms with Crippen molar-refractivity contribution in [3.63, 3.8) is 0 Å². The van der Waals surface area contributed by atoms with Crippen LogP contribution in [0.2, 0.25) is 0 Å². The number of fused-ring (bicyclic) bond motifs is 9. The molecule has 0 fully saturated rings. The summed E-state index contributed by atoms with van der Waals surface area (Å²) >= 11 is 3.51. The van der Waals surface area contributed by atoms with Crippen LogP contribution in [0, 0.1) is 0 Å². The van der Waals surface area contributed by atoms with Gasteiger partial charge in [0.2, 0.25) is 0 Å². The van der Waals surface area contributed by atoms with Crippen LogP contribution in [-0.2, 0) is 0 Å². The van der Waals surface area contributed by atoms with Gasteiger partial charge >= 0.3 is 0 Å². The quantitative estimate of drug-likeness (QED) is 0.174. The summed E-state index contributed by atoms with van der Waals surface area (Å²) in [5, 5.41) is 5.52. The zero-order valence-electron chi connectivity index (χ0n) is 30.0. The smallest absolute Gasteiger partial charge is 0.164 e. The van der Waals surface area contributed by atoms with E-state index in [9.17, 15) is 0 Å². The van der Waals surface area contributed by atoms with Crippen molar-refractivity contribution < 1.29 is 4.42 Å². The highest BCUT2D eigenvalue weighted by Crippen LogP contribution is 2.44. The second kappa shape index (κ2) is 12.7. The average Bonchev–Trinajstić information content (AvgIpc) is 3.97. The van der Waals surface area contributed by atoms with Crippen molar-refractivity contribution in [1.29, 1.82) is 0 Å². The Morgan fingerprint density at radius 2 is 1.02 bits per heavy atom. The van der Waals surface area contributed by atoms with Gasteiger partial charge in [-0.1, -0.05) is 121 Å². The molecule has 7 aromatic carbocycles. The Labute approximate surface area is 333 Å². The SMILES string of the molecule is c1ccc(-c2nc(-c3ccc4c(c3)sc3cccc(-c5nc(-c6ccccc6)c6sc7ccccc7c6n5)c34)nc(-c3ccc4oc5ccccc5c4c3)n2)cc1. The molecule has 6 nitrogen and oxygen atoms in total. The van der Waals surface area contributed by atoms with Gasteiger partial charge in [-0.2, -0.15) is 0 Å². The molecule has 5 heterocycles. The summed E-state index contributed by atoms with van der Waals surface area (Å²) in [4.78, 5) is 25.8. The zero-order chi connectivity index (χ0) is 37.5. The van der Waals surface area contributed by atoms with Gasteiger partial charge in [-0.25, -0.2) is 24.9 Å². The lowest BCUT2D eigenvalue weighted by atomic mass is 10.0. The normalized spacial score (nSPS) is 11.9. The minimum atomic E-state index is 0.604. The standard InChI is InChI=1S/C49H27N5OS2/c1-3-12-28(13-4-1)43-45-44(34-17-8-10-20-39(34)57-45)51-49(50-43)35-18-11-21-40-42(35)33-24-22-31(27-41(33)56-40)48-53-46(29-14-5-2-6-15-29)52-47(54-48)30-23-25-38-36(26-30)32-16-7-9-19-37(32)55-38/h1-27H. The fourth-order valence-corrected chi connectivity index (χ4v) is 10.2. The topological polar surface area (TPSA) is 77.6 Å². The van der Waals surface area contributed by atoms with E-state index in [-0.39, 0.29) is 0 Å². The molecule has 0 N–H and O–H groups in total. The van der Waals surface area contributed by atoms with Gasteiger partial charge in [0.25, 0.3) is 0 Å². The molecule has 0 aliphatic carbocycles. The molecule has 0 saturated carbocycles. The lowest BCUT2D eigenvalue weighted by Crippen LogP contribution is -2.00. The molecule has 0 aliphatic rings. The third kappa shape index (κ3) is 5.26. The summed E-state index contributed by atoms with van der Waals surface area (Å²) in [7, 11) is 0. The number of rotatable bonds is 5. The fourth-order valence-electron chi connectivity index (χ4n) is 7.87. The van der Waals surface area contributed by atoms with Crippen molar-refractivity contribution in [3.8, 4) is 56.8 Å². The van der Waals surface area contributed by atoms with Gasteiger partial charge in [-0.3, -0.25) is 0 Å². The van der Waals surface area contributed by atoms with Crippen LogP contribution in [0.4, 0.5) is 0 Å². The van der Waals surface area contributed by atoms with Crippen LogP contribution in [0.25, 0.3) is 119 Å². The van der Waals surface area contributed by atoms with Crippen molar-refractivity contribution in [1.82, 2.24) is 24.9 Å². The highest BCUT2D eigenvalue weighted by molar-refractivity contribution is 7.26. The maximum atomic E-state index is 6.13. The number of thiophene rings is 2. The highest BCUT2D eigenvalue weighted by Gasteiger charge is 2.20. The fraction of sp³-hybridized carbons (Fsp3) is 0. The Balaban J connectivity index is 1.03. The summed E-state index contributed by atoms with van der Waals surface area (Å²) in [5.41, 5.74) is 8.45. The molecule has 0 atom stereocenters. The van der Waals surface area contributed by atoms with E-state index in [0.29, 0.717) is 17.5 Å². The van der Waals surface area contributed by atoms with Crippen molar-refractivity contribution in [2.45, 2.75) is 0 Å². The van der Waals surface area contributed by atoms with Crippen molar-refractivity contribution in [2.75, 3.05) is 0 Å². The largest absolute Gasteiger partial charge is 0.456 e. The number of hydrogen-bond acceptors (Lipinski definition) is 8. The van der Waals surface area contributed by atoms with Crippen LogP contribution in [0.3, 0.4) is 0 Å². The maximum absolute atomic E-state index is 6.13. The van der Waals surface area contributed by atoms with E-state index in [2.05, 4.69) is 97.1 Å². The first-order chi connectivity index (χ1) is 28.2. The molecule has 0 amide bonds. The predicted molar refractivity (Wildman–Crippen MR) is 236 cm³/mol. The number of furan rings is 1. The second-order valence-electron chi connectivity index (χ2n) is 14.0. The molecule has 12 aromatic rings. The van der Waals surface area contributed by atoms with Crippen molar-refractivity contribution in [3.05, 3.63) is 164 Å². The summed E-state index contributed by atoms with van der Waals surface area (Å²) < 4.78 is 10.7. The van der Waals surface area contributed by atoms with Crippen LogP contribution >= 0.6 is 22.7 Å². The van der Waals surface area contributed by atoms with Crippen molar-refractivity contribution >= 4 is 85.1 Å². The number of aromatic nitrogens is 5. The van der Waals surface area contributed by atoms with Gasteiger partial charge in [0.1, 0.15) is 11.2 Å². The van der Waals surface area contributed by atoms with E-state index in [4.69, 9.17) is 29.3 Å². The third-order valence-electron chi connectivity index (χ3n) is 10.6. The van der Waals surface area contributed by atoms with Gasteiger partial charge in [0.05, 0.1) is 15.9 Å². The first kappa shape index (κ1) is 32.1. The summed E-state index contributed by atoms with van der Waals surface area (Å²) in [5.74, 6) is 2.55. The molecule has 0 aliphatic heterocycles. The Kier molecular flexibility index (Phi) is 7.17. The molecular weight excluding hydrogens is 739 g/mol. The van der Waals surface area contributed by atoms with Crippen LogP contribution in [0.1, 0.15) is 0 Å². The Morgan fingerprint density at radius 1 is 0.368 bits per heavy atom. The molecule has 0 saturated heterocycles. The van der Waals surface area contributed by atoms with Crippen molar-refractivity contribution in [2.24, 2.45) is 0 Å². The van der Waals surface area contributed by atoms with Gasteiger partial charge in [0, 0.05) is 68.8 Å². The first-order valence-electron chi connectivity index (χ1n) is 18.7. The summed E-state index contributed by atoms with van der Waals surface area (Å²) in [6.07, 6.45) is 0. The van der Waals surface area contributed by atoms with E-state index < -0.39 is 0 Å². The Morgan fingerprint density at radius 3 is 1.84 bits per heavy atom. The molecular formula is C49H27N5OS2. The van der Waals surface area contributed by atoms with E-state index in [1.807, 2.05) is 66.7 Å². The number of nitrogens with zero attached hydrogens (tertiary/aromatic N) is 5. The molecule has 0 spiro atoms. The maximum Gasteiger partial charge on any atom is 0.164 e. The molecule has 0 bridgehead atoms. The van der Waals surface area contributed by atoms with Crippen LogP contribution in [0.5, 0.6) is 0 Å². The van der Waals surface area contributed by atoms with Crippen LogP contribution in [-0.4, -0.2) is 24.9 Å². The summed E-state index contributed by atoms with van der Waals surface area (Å²) in [6.45, 7) is 0. The minimum absolute atomic E-state index is 0.604. The monoisotopic (exact) mass is 765 g/mol. The average molecular weight is 766 g/mol. The summed E-state index contributed by atoms with van der Waals surface area (Å²) in [6, 6.07) is 56.2. The molecule has 5 aromatic heterocycles. The lowest BCUT2D eigenvalue weighted by molar-refractivity contribution is 0.669. The second-order valence-corrected chi connectivity index (χ2v) is 16.1. The number of hydrogen-bond donors (Lipinski definition) is 0. The Hall–Kier alpha value is -7.13. The first-order valence-corrected chi connectivity index (χ1v) is 20.3. The van der Waals surface area contributed by atoms with Crippen LogP contribution in [0.15, 0.2) is 168 Å². The Bertz CT molecular complexity index is 3540. The van der Waals surface area contributed by atoms with Gasteiger partial charge < -0.3 is 4.42 Å². The molecule has 8 heteroatoms.